The van der Waals surface area contributed by atoms with E-state index in [0.29, 0.717) is 36.8 Å². The Morgan fingerprint density at radius 3 is 2.08 bits per heavy atom. The third kappa shape index (κ3) is 3.49. The Morgan fingerprint density at radius 1 is 0.958 bits per heavy atom. The third-order valence-corrected chi connectivity index (χ3v) is 4.34. The van der Waals surface area contributed by atoms with E-state index >= 15 is 0 Å². The minimum atomic E-state index is -0.410. The second kappa shape index (κ2) is 6.88. The van der Waals surface area contributed by atoms with Crippen molar-refractivity contribution in [3.05, 3.63) is 69.2 Å². The highest BCUT2D eigenvalue weighted by Gasteiger charge is 2.22. The van der Waals surface area contributed by atoms with Crippen LogP contribution in [-0.2, 0) is 0 Å². The number of benzene rings is 2. The van der Waals surface area contributed by atoms with Crippen molar-refractivity contribution in [1.29, 1.82) is 0 Å². The van der Waals surface area contributed by atoms with Gasteiger partial charge in [0.15, 0.2) is 0 Å². The van der Waals surface area contributed by atoms with Crippen molar-refractivity contribution in [1.82, 2.24) is 4.90 Å². The molecule has 0 unspecified atom stereocenters. The summed E-state index contributed by atoms with van der Waals surface area (Å²) in [6, 6.07) is 13.4. The fourth-order valence-electron chi connectivity index (χ4n) is 2.73. The molecule has 2 aromatic rings. The number of carbonyl (C=O) groups is 1. The van der Waals surface area contributed by atoms with Crippen LogP contribution < -0.4 is 4.90 Å². The Morgan fingerprint density at radius 2 is 1.54 bits per heavy atom. The first-order chi connectivity index (χ1) is 11.5. The number of hydrogen-bond acceptors (Lipinski definition) is 4. The molecular weight excluding hydrogens is 330 g/mol. The van der Waals surface area contributed by atoms with Gasteiger partial charge in [0.2, 0.25) is 0 Å². The fraction of sp³-hybridized carbons (Fsp3) is 0.235. The predicted molar refractivity (Wildman–Crippen MR) is 92.7 cm³/mol. The third-order valence-electron chi connectivity index (χ3n) is 4.08. The summed E-state index contributed by atoms with van der Waals surface area (Å²) in [5.74, 6) is -0.00461. The van der Waals surface area contributed by atoms with Gasteiger partial charge in [-0.05, 0) is 36.4 Å². The van der Waals surface area contributed by atoms with E-state index in [4.69, 9.17) is 11.6 Å². The summed E-state index contributed by atoms with van der Waals surface area (Å²) < 4.78 is 0. The van der Waals surface area contributed by atoms with Crippen molar-refractivity contribution >= 4 is 28.9 Å². The maximum absolute atomic E-state index is 12.5. The first kappa shape index (κ1) is 16.3. The van der Waals surface area contributed by atoms with E-state index in [0.717, 1.165) is 5.69 Å². The number of anilines is 1. The highest BCUT2D eigenvalue weighted by molar-refractivity contribution is 6.30. The van der Waals surface area contributed by atoms with Crippen LogP contribution in [0.4, 0.5) is 11.4 Å². The number of nitro groups is 1. The normalized spacial score (nSPS) is 14.5. The van der Waals surface area contributed by atoms with Gasteiger partial charge in [0.05, 0.1) is 4.92 Å². The lowest BCUT2D eigenvalue weighted by Gasteiger charge is -2.36. The molecule has 0 spiro atoms. The van der Waals surface area contributed by atoms with Crippen LogP contribution in [-0.4, -0.2) is 41.9 Å². The number of nitrogens with zero attached hydrogens (tertiary/aromatic N) is 3. The number of carbonyl (C=O) groups excluding carboxylic acids is 1. The van der Waals surface area contributed by atoms with E-state index in [1.807, 2.05) is 4.90 Å². The molecule has 0 aliphatic carbocycles. The fourth-order valence-corrected chi connectivity index (χ4v) is 2.85. The van der Waals surface area contributed by atoms with Crippen LogP contribution >= 0.6 is 11.6 Å². The smallest absolute Gasteiger partial charge is 0.269 e. The van der Waals surface area contributed by atoms with Gasteiger partial charge in [0, 0.05) is 54.6 Å². The lowest BCUT2D eigenvalue weighted by Crippen LogP contribution is -2.48. The monoisotopic (exact) mass is 345 g/mol. The van der Waals surface area contributed by atoms with Gasteiger partial charge in [-0.25, -0.2) is 0 Å². The van der Waals surface area contributed by atoms with Gasteiger partial charge in [-0.3, -0.25) is 14.9 Å². The van der Waals surface area contributed by atoms with Crippen molar-refractivity contribution < 1.29 is 9.72 Å². The molecule has 24 heavy (non-hydrogen) atoms. The number of non-ortho nitro benzene ring substituents is 1. The van der Waals surface area contributed by atoms with Gasteiger partial charge in [-0.15, -0.1) is 0 Å². The van der Waals surface area contributed by atoms with Gasteiger partial charge in [-0.1, -0.05) is 11.6 Å². The number of rotatable bonds is 3. The average molecular weight is 346 g/mol. The van der Waals surface area contributed by atoms with Gasteiger partial charge in [-0.2, -0.15) is 0 Å². The molecule has 1 heterocycles. The maximum atomic E-state index is 12.5. The lowest BCUT2D eigenvalue weighted by molar-refractivity contribution is -0.384. The largest absolute Gasteiger partial charge is 0.368 e. The summed E-state index contributed by atoms with van der Waals surface area (Å²) in [4.78, 5) is 26.7. The highest BCUT2D eigenvalue weighted by Crippen LogP contribution is 2.21. The van der Waals surface area contributed by atoms with Crippen LogP contribution in [0.2, 0.25) is 5.02 Å². The Balaban J connectivity index is 1.62. The summed E-state index contributed by atoms with van der Waals surface area (Å²) >= 11 is 5.85. The SMILES string of the molecule is O=C(c1ccc(Cl)cc1)N1CCN(c2ccc([N+](=O)[O-])cc2)CC1. The minimum Gasteiger partial charge on any atom is -0.368 e. The molecule has 1 amide bonds. The zero-order valence-corrected chi connectivity index (χ0v) is 13.6. The molecule has 1 aliphatic heterocycles. The molecule has 1 saturated heterocycles. The van der Waals surface area contributed by atoms with Gasteiger partial charge in [0.25, 0.3) is 11.6 Å². The molecule has 0 aromatic heterocycles. The molecule has 124 valence electrons. The van der Waals surface area contributed by atoms with E-state index in [9.17, 15) is 14.9 Å². The van der Waals surface area contributed by atoms with E-state index in [1.54, 1.807) is 36.4 Å². The molecule has 0 atom stereocenters. The van der Waals surface area contributed by atoms with Crippen molar-refractivity contribution in [2.45, 2.75) is 0 Å². The van der Waals surface area contributed by atoms with Crippen molar-refractivity contribution in [3.8, 4) is 0 Å². The summed E-state index contributed by atoms with van der Waals surface area (Å²) in [6.07, 6.45) is 0. The van der Waals surface area contributed by atoms with Crippen LogP contribution in [0.5, 0.6) is 0 Å². The van der Waals surface area contributed by atoms with Crippen LogP contribution in [0.15, 0.2) is 48.5 Å². The maximum Gasteiger partial charge on any atom is 0.269 e. The van der Waals surface area contributed by atoms with E-state index < -0.39 is 4.92 Å². The molecule has 0 bridgehead atoms. The molecule has 6 nitrogen and oxygen atoms in total. The molecule has 7 heteroatoms. The molecule has 3 rings (SSSR count). The second-order valence-electron chi connectivity index (χ2n) is 5.56. The predicted octanol–water partition coefficient (Wildman–Crippen LogP) is 3.21. The molecule has 0 radical (unpaired) electrons. The number of nitro benzene ring substituents is 1. The standard InChI is InChI=1S/C17H16ClN3O3/c18-14-3-1-13(2-4-14)17(22)20-11-9-19(10-12-20)15-5-7-16(8-6-15)21(23)24/h1-8H,9-12H2. The average Bonchev–Trinajstić information content (AvgIpc) is 2.62. The van der Waals surface area contributed by atoms with E-state index in [2.05, 4.69) is 4.90 Å². The number of hydrogen-bond donors (Lipinski definition) is 0. The Hall–Kier alpha value is -2.60. The summed E-state index contributed by atoms with van der Waals surface area (Å²) in [5.41, 5.74) is 1.64. The van der Waals surface area contributed by atoms with Crippen LogP contribution in [0.25, 0.3) is 0 Å². The topological polar surface area (TPSA) is 66.7 Å². The molecule has 0 N–H and O–H groups in total. The number of amides is 1. The number of piperazine rings is 1. The Kier molecular flexibility index (Phi) is 4.66. The van der Waals surface area contributed by atoms with Crippen molar-refractivity contribution in [2.24, 2.45) is 0 Å². The van der Waals surface area contributed by atoms with Gasteiger partial charge in [0.1, 0.15) is 0 Å². The van der Waals surface area contributed by atoms with Crippen LogP contribution in [0, 0.1) is 10.1 Å². The van der Waals surface area contributed by atoms with Crippen molar-refractivity contribution in [2.75, 3.05) is 31.1 Å². The van der Waals surface area contributed by atoms with Crippen molar-refractivity contribution in [3.63, 3.8) is 0 Å². The Labute approximate surface area is 144 Å². The summed E-state index contributed by atoms with van der Waals surface area (Å²) in [6.45, 7) is 2.60. The Bertz CT molecular complexity index is 739. The quantitative estimate of drug-likeness (QED) is 0.633. The first-order valence-corrected chi connectivity index (χ1v) is 7.96. The van der Waals surface area contributed by atoms with Crippen LogP contribution in [0.3, 0.4) is 0 Å². The molecule has 1 aliphatic rings. The number of halogens is 1. The molecule has 0 saturated carbocycles. The molecular formula is C17H16ClN3O3. The first-order valence-electron chi connectivity index (χ1n) is 7.59. The van der Waals surface area contributed by atoms with Gasteiger partial charge >= 0.3 is 0 Å². The zero-order valence-electron chi connectivity index (χ0n) is 12.9. The molecule has 2 aromatic carbocycles. The second-order valence-corrected chi connectivity index (χ2v) is 6.00. The summed E-state index contributed by atoms with van der Waals surface area (Å²) in [7, 11) is 0. The highest BCUT2D eigenvalue weighted by atomic mass is 35.5. The van der Waals surface area contributed by atoms with Crippen LogP contribution in [0.1, 0.15) is 10.4 Å². The van der Waals surface area contributed by atoms with E-state index in [1.165, 1.54) is 12.1 Å². The van der Waals surface area contributed by atoms with E-state index in [-0.39, 0.29) is 11.6 Å². The van der Waals surface area contributed by atoms with Gasteiger partial charge < -0.3 is 9.80 Å². The summed E-state index contributed by atoms with van der Waals surface area (Å²) in [5, 5.41) is 11.3. The molecule has 1 fully saturated rings. The lowest BCUT2D eigenvalue weighted by atomic mass is 10.1. The minimum absolute atomic E-state index is 0.00461. The zero-order chi connectivity index (χ0) is 17.1.